The van der Waals surface area contributed by atoms with Crippen LogP contribution in [0.2, 0.25) is 0 Å². The fraction of sp³-hybridized carbons (Fsp3) is 0.636. The van der Waals surface area contributed by atoms with E-state index in [2.05, 4.69) is 22.9 Å². The zero-order valence-electron chi connectivity index (χ0n) is 8.94. The van der Waals surface area contributed by atoms with Crippen LogP contribution in [-0.2, 0) is 6.54 Å². The molecule has 1 aromatic rings. The maximum Gasteiger partial charge on any atom is 0.0794 e. The lowest BCUT2D eigenvalue weighted by molar-refractivity contribution is 0.151. The number of likely N-dealkylation sites (tertiary alicyclic amines) is 1. The van der Waals surface area contributed by atoms with E-state index in [4.69, 9.17) is 5.26 Å². The summed E-state index contributed by atoms with van der Waals surface area (Å²) in [4.78, 5) is 7.80. The number of thiazole rings is 1. The van der Waals surface area contributed by atoms with Gasteiger partial charge in [0.1, 0.15) is 0 Å². The molecule has 3 nitrogen and oxygen atoms in total. The first-order chi connectivity index (χ1) is 7.22. The molecule has 15 heavy (non-hydrogen) atoms. The predicted molar refractivity (Wildman–Crippen MR) is 60.3 cm³/mol. The number of rotatable bonds is 2. The summed E-state index contributed by atoms with van der Waals surface area (Å²) in [5, 5.41) is 9.02. The second-order valence-corrected chi connectivity index (χ2v) is 5.39. The van der Waals surface area contributed by atoms with E-state index in [1.54, 1.807) is 11.3 Å². The predicted octanol–water partition coefficient (Wildman–Crippen LogP) is 2.27. The molecule has 0 unspecified atom stereocenters. The third kappa shape index (κ3) is 2.55. The van der Waals surface area contributed by atoms with Gasteiger partial charge in [0.05, 0.1) is 17.0 Å². The molecule has 0 N–H and O–H groups in total. The summed E-state index contributed by atoms with van der Waals surface area (Å²) in [5.74, 6) is 0. The molecular weight excluding hydrogens is 206 g/mol. The van der Waals surface area contributed by atoms with Crippen molar-refractivity contribution in [3.63, 3.8) is 0 Å². The first-order valence-corrected chi connectivity index (χ1v) is 6.11. The van der Waals surface area contributed by atoms with Gasteiger partial charge in [-0.1, -0.05) is 0 Å². The number of hydrogen-bond acceptors (Lipinski definition) is 4. The second-order valence-electron chi connectivity index (χ2n) is 4.42. The molecule has 2 rings (SSSR count). The summed E-state index contributed by atoms with van der Waals surface area (Å²) in [5.41, 5.74) is 1.78. The van der Waals surface area contributed by atoms with E-state index in [0.29, 0.717) is 0 Å². The zero-order chi connectivity index (χ0) is 10.7. The summed E-state index contributed by atoms with van der Waals surface area (Å²) in [6.45, 7) is 5.12. The highest BCUT2D eigenvalue weighted by Crippen LogP contribution is 2.30. The van der Waals surface area contributed by atoms with Crippen molar-refractivity contribution < 1.29 is 0 Å². The fourth-order valence-corrected chi connectivity index (χ4v) is 2.49. The highest BCUT2D eigenvalue weighted by molar-refractivity contribution is 7.09. The van der Waals surface area contributed by atoms with Gasteiger partial charge in [0.15, 0.2) is 0 Å². The number of piperidine rings is 1. The van der Waals surface area contributed by atoms with Gasteiger partial charge in [0, 0.05) is 30.7 Å². The Morgan fingerprint density at radius 2 is 2.33 bits per heavy atom. The van der Waals surface area contributed by atoms with E-state index in [0.717, 1.165) is 32.5 Å². The molecule has 0 aliphatic carbocycles. The van der Waals surface area contributed by atoms with Crippen LogP contribution in [-0.4, -0.2) is 23.0 Å². The molecule has 1 saturated heterocycles. The summed E-state index contributed by atoms with van der Waals surface area (Å²) in [6.07, 6.45) is 3.91. The van der Waals surface area contributed by atoms with Gasteiger partial charge in [0.25, 0.3) is 0 Å². The van der Waals surface area contributed by atoms with Crippen molar-refractivity contribution in [2.24, 2.45) is 5.41 Å². The van der Waals surface area contributed by atoms with E-state index in [-0.39, 0.29) is 5.41 Å². The van der Waals surface area contributed by atoms with Crippen molar-refractivity contribution in [3.8, 4) is 6.07 Å². The SMILES string of the molecule is CC1(C#N)CCN(Cc2cncs2)CC1. The van der Waals surface area contributed by atoms with Gasteiger partial charge in [-0.05, 0) is 19.8 Å². The van der Waals surface area contributed by atoms with E-state index in [1.807, 2.05) is 11.7 Å². The average Bonchev–Trinajstić information content (AvgIpc) is 2.75. The molecule has 1 fully saturated rings. The standard InChI is InChI=1S/C11H15N3S/c1-11(8-12)2-4-14(5-3-11)7-10-6-13-9-15-10/h6,9H,2-5,7H2,1H3. The first-order valence-electron chi connectivity index (χ1n) is 5.23. The highest BCUT2D eigenvalue weighted by Gasteiger charge is 2.29. The van der Waals surface area contributed by atoms with Crippen LogP contribution in [0.4, 0.5) is 0 Å². The summed E-state index contributed by atoms with van der Waals surface area (Å²) in [7, 11) is 0. The van der Waals surface area contributed by atoms with Crippen LogP contribution in [0.15, 0.2) is 11.7 Å². The van der Waals surface area contributed by atoms with E-state index < -0.39 is 0 Å². The van der Waals surface area contributed by atoms with E-state index in [9.17, 15) is 0 Å². The van der Waals surface area contributed by atoms with Gasteiger partial charge >= 0.3 is 0 Å². The first kappa shape index (κ1) is 10.6. The lowest BCUT2D eigenvalue weighted by atomic mass is 9.82. The van der Waals surface area contributed by atoms with Crippen LogP contribution in [0.5, 0.6) is 0 Å². The quantitative estimate of drug-likeness (QED) is 0.769. The summed E-state index contributed by atoms with van der Waals surface area (Å²) >= 11 is 1.70. The highest BCUT2D eigenvalue weighted by atomic mass is 32.1. The molecule has 0 spiro atoms. The van der Waals surface area contributed by atoms with E-state index >= 15 is 0 Å². The van der Waals surface area contributed by atoms with Crippen molar-refractivity contribution in [1.29, 1.82) is 5.26 Å². The maximum absolute atomic E-state index is 9.02. The Morgan fingerprint density at radius 3 is 2.87 bits per heavy atom. The Kier molecular flexibility index (Phi) is 3.03. The number of hydrogen-bond donors (Lipinski definition) is 0. The van der Waals surface area contributed by atoms with Crippen molar-refractivity contribution in [2.45, 2.75) is 26.3 Å². The molecule has 0 saturated carbocycles. The maximum atomic E-state index is 9.02. The molecule has 0 radical (unpaired) electrons. The van der Waals surface area contributed by atoms with Gasteiger partial charge in [-0.2, -0.15) is 5.26 Å². The molecule has 4 heteroatoms. The largest absolute Gasteiger partial charge is 0.298 e. The van der Waals surface area contributed by atoms with Gasteiger partial charge in [-0.15, -0.1) is 11.3 Å². The molecule has 0 amide bonds. The molecule has 0 atom stereocenters. The van der Waals surface area contributed by atoms with Gasteiger partial charge in [0.2, 0.25) is 0 Å². The third-order valence-corrected chi connectivity index (χ3v) is 3.86. The Bertz CT molecular complexity index is 344. The minimum absolute atomic E-state index is 0.0931. The number of nitriles is 1. The minimum atomic E-state index is -0.0931. The molecule has 1 aromatic heterocycles. The van der Waals surface area contributed by atoms with Crippen molar-refractivity contribution in [2.75, 3.05) is 13.1 Å². The molecule has 80 valence electrons. The summed E-state index contributed by atoms with van der Waals surface area (Å²) < 4.78 is 0. The van der Waals surface area contributed by atoms with Crippen LogP contribution in [0.3, 0.4) is 0 Å². The molecule has 2 heterocycles. The number of nitrogens with zero attached hydrogens (tertiary/aromatic N) is 3. The fourth-order valence-electron chi connectivity index (χ4n) is 1.86. The zero-order valence-corrected chi connectivity index (χ0v) is 9.76. The van der Waals surface area contributed by atoms with Gasteiger partial charge in [-0.3, -0.25) is 9.88 Å². The van der Waals surface area contributed by atoms with Crippen molar-refractivity contribution >= 4 is 11.3 Å². The Labute approximate surface area is 94.4 Å². The van der Waals surface area contributed by atoms with Crippen LogP contribution in [0.1, 0.15) is 24.6 Å². The van der Waals surface area contributed by atoms with Crippen molar-refractivity contribution in [1.82, 2.24) is 9.88 Å². The van der Waals surface area contributed by atoms with Crippen LogP contribution < -0.4 is 0 Å². The average molecular weight is 221 g/mol. The van der Waals surface area contributed by atoms with E-state index in [1.165, 1.54) is 4.88 Å². The Morgan fingerprint density at radius 1 is 1.60 bits per heavy atom. The Hall–Kier alpha value is -0.920. The molecule has 0 aromatic carbocycles. The monoisotopic (exact) mass is 221 g/mol. The lowest BCUT2D eigenvalue weighted by Crippen LogP contribution is -2.37. The topological polar surface area (TPSA) is 39.9 Å². The van der Waals surface area contributed by atoms with Crippen LogP contribution in [0, 0.1) is 16.7 Å². The van der Waals surface area contributed by atoms with Crippen LogP contribution >= 0.6 is 11.3 Å². The summed E-state index contributed by atoms with van der Waals surface area (Å²) in [6, 6.07) is 2.42. The van der Waals surface area contributed by atoms with Crippen LogP contribution in [0.25, 0.3) is 0 Å². The lowest BCUT2D eigenvalue weighted by Gasteiger charge is -2.34. The molecular formula is C11H15N3S. The molecule has 1 aliphatic rings. The van der Waals surface area contributed by atoms with Crippen molar-refractivity contribution in [3.05, 3.63) is 16.6 Å². The minimum Gasteiger partial charge on any atom is -0.298 e. The third-order valence-electron chi connectivity index (χ3n) is 3.09. The second kappa shape index (κ2) is 4.30. The van der Waals surface area contributed by atoms with Gasteiger partial charge < -0.3 is 0 Å². The number of aromatic nitrogens is 1. The van der Waals surface area contributed by atoms with Gasteiger partial charge in [-0.25, -0.2) is 0 Å². The Balaban J connectivity index is 1.87. The normalized spacial score (nSPS) is 21.1. The smallest absolute Gasteiger partial charge is 0.0794 e. The molecule has 0 bridgehead atoms. The molecule has 1 aliphatic heterocycles.